The van der Waals surface area contributed by atoms with Gasteiger partial charge in [-0.1, -0.05) is 12.1 Å². The van der Waals surface area contributed by atoms with Crippen LogP contribution in [0.15, 0.2) is 48.5 Å². The minimum atomic E-state index is -0.417. The molecule has 6 nitrogen and oxygen atoms in total. The summed E-state index contributed by atoms with van der Waals surface area (Å²) < 4.78 is 18.3. The normalized spacial score (nSPS) is 10.2. The van der Waals surface area contributed by atoms with Crippen LogP contribution in [0.4, 0.5) is 15.8 Å². The molecule has 2 amide bonds. The highest BCUT2D eigenvalue weighted by atomic mass is 19.1. The third-order valence-corrected chi connectivity index (χ3v) is 3.34. The van der Waals surface area contributed by atoms with Gasteiger partial charge in [-0.3, -0.25) is 9.59 Å². The van der Waals surface area contributed by atoms with E-state index >= 15 is 0 Å². The van der Waals surface area contributed by atoms with E-state index in [2.05, 4.69) is 16.0 Å². The third-order valence-electron chi connectivity index (χ3n) is 3.34. The zero-order valence-corrected chi connectivity index (χ0v) is 13.8. The van der Waals surface area contributed by atoms with Crippen LogP contribution in [0.1, 0.15) is 10.4 Å². The lowest BCUT2D eigenvalue weighted by atomic mass is 10.2. The summed E-state index contributed by atoms with van der Waals surface area (Å²) in [5.41, 5.74) is 1.30. The van der Waals surface area contributed by atoms with Crippen LogP contribution in [0.25, 0.3) is 0 Å². The summed E-state index contributed by atoms with van der Waals surface area (Å²) >= 11 is 0. The monoisotopic (exact) mass is 345 g/mol. The first kappa shape index (κ1) is 18.4. The van der Waals surface area contributed by atoms with Gasteiger partial charge in [0.05, 0.1) is 18.8 Å². The van der Waals surface area contributed by atoms with E-state index in [0.29, 0.717) is 24.4 Å². The largest absolute Gasteiger partial charge is 0.383 e. The number of para-hydroxylation sites is 1. The average molecular weight is 345 g/mol. The van der Waals surface area contributed by atoms with E-state index in [9.17, 15) is 14.0 Å². The first-order valence-electron chi connectivity index (χ1n) is 7.75. The lowest BCUT2D eigenvalue weighted by molar-refractivity contribution is -0.114. The minimum Gasteiger partial charge on any atom is -0.383 e. The molecule has 0 heterocycles. The van der Waals surface area contributed by atoms with Gasteiger partial charge in [0.2, 0.25) is 5.91 Å². The molecule has 0 fully saturated rings. The van der Waals surface area contributed by atoms with Crippen LogP contribution in [0, 0.1) is 5.82 Å². The topological polar surface area (TPSA) is 79.5 Å². The molecular weight excluding hydrogens is 325 g/mol. The number of anilines is 2. The van der Waals surface area contributed by atoms with Crippen molar-refractivity contribution in [3.63, 3.8) is 0 Å². The van der Waals surface area contributed by atoms with E-state index in [1.165, 1.54) is 6.07 Å². The zero-order chi connectivity index (χ0) is 18.1. The van der Waals surface area contributed by atoms with Crippen molar-refractivity contribution in [2.45, 2.75) is 0 Å². The predicted molar refractivity (Wildman–Crippen MR) is 94.2 cm³/mol. The molecular formula is C18H20FN3O3. The Morgan fingerprint density at radius 1 is 1.08 bits per heavy atom. The van der Waals surface area contributed by atoms with Gasteiger partial charge in [0.15, 0.2) is 0 Å². The summed E-state index contributed by atoms with van der Waals surface area (Å²) in [5.74, 6) is -0.948. The van der Waals surface area contributed by atoms with Crippen molar-refractivity contribution < 1.29 is 18.7 Å². The summed E-state index contributed by atoms with van der Waals surface area (Å²) in [6, 6.07) is 12.6. The lowest BCUT2D eigenvalue weighted by Crippen LogP contribution is -2.27. The first-order chi connectivity index (χ1) is 12.1. The quantitative estimate of drug-likeness (QED) is 0.641. The Morgan fingerprint density at radius 3 is 2.48 bits per heavy atom. The van der Waals surface area contributed by atoms with Crippen LogP contribution >= 0.6 is 0 Å². The number of nitrogens with one attached hydrogen (secondary N) is 3. The van der Waals surface area contributed by atoms with Crippen LogP contribution < -0.4 is 16.0 Å². The molecule has 7 heteroatoms. The number of hydrogen-bond donors (Lipinski definition) is 3. The van der Waals surface area contributed by atoms with Gasteiger partial charge in [0.25, 0.3) is 5.91 Å². The SMILES string of the molecule is COCCNC(=O)c1ccc(NC(=O)CNc2ccccc2F)cc1. The number of hydrogen-bond acceptors (Lipinski definition) is 4. The molecule has 0 spiro atoms. The Kier molecular flexibility index (Phi) is 6.91. The van der Waals surface area contributed by atoms with Gasteiger partial charge in [-0.05, 0) is 36.4 Å². The molecule has 0 radical (unpaired) electrons. The number of carbonyl (C=O) groups is 2. The highest BCUT2D eigenvalue weighted by Crippen LogP contribution is 2.12. The Balaban J connectivity index is 1.83. The fourth-order valence-electron chi connectivity index (χ4n) is 2.06. The molecule has 3 N–H and O–H groups in total. The van der Waals surface area contributed by atoms with Gasteiger partial charge < -0.3 is 20.7 Å². The van der Waals surface area contributed by atoms with Crippen molar-refractivity contribution >= 4 is 23.2 Å². The standard InChI is InChI=1S/C18H20FN3O3/c1-25-11-10-20-18(24)13-6-8-14(9-7-13)22-17(23)12-21-16-5-3-2-4-15(16)19/h2-9,21H,10-12H2,1H3,(H,20,24)(H,22,23). The van der Waals surface area contributed by atoms with E-state index in [-0.39, 0.29) is 24.0 Å². The lowest BCUT2D eigenvalue weighted by Gasteiger charge is -2.09. The first-order valence-corrected chi connectivity index (χ1v) is 7.75. The smallest absolute Gasteiger partial charge is 0.251 e. The molecule has 0 aliphatic heterocycles. The van der Waals surface area contributed by atoms with Gasteiger partial charge in [0.1, 0.15) is 5.82 Å². The summed E-state index contributed by atoms with van der Waals surface area (Å²) in [7, 11) is 1.56. The van der Waals surface area contributed by atoms with Gasteiger partial charge in [-0.25, -0.2) is 4.39 Å². The van der Waals surface area contributed by atoms with Gasteiger partial charge >= 0.3 is 0 Å². The van der Waals surface area contributed by atoms with Crippen LogP contribution in [0.2, 0.25) is 0 Å². The molecule has 0 aliphatic carbocycles. The van der Waals surface area contributed by atoms with E-state index in [4.69, 9.17) is 4.74 Å². The highest BCUT2D eigenvalue weighted by molar-refractivity contribution is 5.96. The molecule has 0 saturated heterocycles. The Hall–Kier alpha value is -2.93. The maximum Gasteiger partial charge on any atom is 0.251 e. The molecule has 2 aromatic rings. The summed E-state index contributed by atoms with van der Waals surface area (Å²) in [4.78, 5) is 23.7. The second kappa shape index (κ2) is 9.39. The van der Waals surface area contributed by atoms with E-state index in [1.807, 2.05) is 0 Å². The van der Waals surface area contributed by atoms with Crippen molar-refractivity contribution in [3.05, 3.63) is 59.9 Å². The molecule has 132 valence electrons. The third kappa shape index (κ3) is 5.89. The number of rotatable bonds is 8. The van der Waals surface area contributed by atoms with Crippen LogP contribution in [0.3, 0.4) is 0 Å². The molecule has 2 rings (SSSR count). The maximum atomic E-state index is 13.5. The van der Waals surface area contributed by atoms with Crippen molar-refractivity contribution in [2.24, 2.45) is 0 Å². The van der Waals surface area contributed by atoms with Crippen LogP contribution in [-0.2, 0) is 9.53 Å². The molecule has 0 atom stereocenters. The average Bonchev–Trinajstić information content (AvgIpc) is 2.62. The minimum absolute atomic E-state index is 0.0693. The summed E-state index contributed by atoms with van der Waals surface area (Å²) in [6.07, 6.45) is 0. The molecule has 0 saturated carbocycles. The summed E-state index contributed by atoms with van der Waals surface area (Å²) in [6.45, 7) is 0.796. The van der Waals surface area contributed by atoms with E-state index < -0.39 is 5.82 Å². The van der Waals surface area contributed by atoms with Crippen LogP contribution in [0.5, 0.6) is 0 Å². The zero-order valence-electron chi connectivity index (χ0n) is 13.8. The molecule has 0 aliphatic rings. The molecule has 2 aromatic carbocycles. The van der Waals surface area contributed by atoms with Crippen molar-refractivity contribution in [2.75, 3.05) is 37.4 Å². The van der Waals surface area contributed by atoms with Crippen molar-refractivity contribution in [3.8, 4) is 0 Å². The highest BCUT2D eigenvalue weighted by Gasteiger charge is 2.07. The number of benzene rings is 2. The second-order valence-electron chi connectivity index (χ2n) is 5.21. The Bertz CT molecular complexity index is 720. The number of ether oxygens (including phenoxy) is 1. The van der Waals surface area contributed by atoms with E-state index in [0.717, 1.165) is 0 Å². The van der Waals surface area contributed by atoms with Crippen LogP contribution in [-0.4, -0.2) is 38.6 Å². The summed E-state index contributed by atoms with van der Waals surface area (Å²) in [5, 5.41) is 8.11. The second-order valence-corrected chi connectivity index (χ2v) is 5.21. The van der Waals surface area contributed by atoms with Gasteiger partial charge in [-0.2, -0.15) is 0 Å². The maximum absolute atomic E-state index is 13.5. The number of amides is 2. The molecule has 0 bridgehead atoms. The van der Waals surface area contributed by atoms with Crippen molar-refractivity contribution in [1.82, 2.24) is 5.32 Å². The Morgan fingerprint density at radius 2 is 1.80 bits per heavy atom. The number of carbonyl (C=O) groups excluding carboxylic acids is 2. The Labute approximate surface area is 145 Å². The molecule has 0 aromatic heterocycles. The molecule has 0 unspecified atom stereocenters. The number of halogens is 1. The predicted octanol–water partition coefficient (Wildman–Crippen LogP) is 2.25. The van der Waals surface area contributed by atoms with Gasteiger partial charge in [-0.15, -0.1) is 0 Å². The fourth-order valence-corrected chi connectivity index (χ4v) is 2.06. The van der Waals surface area contributed by atoms with E-state index in [1.54, 1.807) is 49.6 Å². The fraction of sp³-hybridized carbons (Fsp3) is 0.222. The number of methoxy groups -OCH3 is 1. The van der Waals surface area contributed by atoms with Crippen molar-refractivity contribution in [1.29, 1.82) is 0 Å². The molecule has 25 heavy (non-hydrogen) atoms. The van der Waals surface area contributed by atoms with Gasteiger partial charge in [0, 0.05) is 24.9 Å².